The third-order valence-electron chi connectivity index (χ3n) is 3.66. The van der Waals surface area contributed by atoms with Gasteiger partial charge in [0.2, 0.25) is 0 Å². The van der Waals surface area contributed by atoms with Gasteiger partial charge in [0.05, 0.1) is 0 Å². The van der Waals surface area contributed by atoms with Gasteiger partial charge in [0.25, 0.3) is 6.01 Å². The summed E-state index contributed by atoms with van der Waals surface area (Å²) in [4.78, 5) is 4.38. The second-order valence-corrected chi connectivity index (χ2v) is 5.56. The maximum atomic E-state index is 5.95. The van der Waals surface area contributed by atoms with Crippen LogP contribution in [0.4, 0.5) is 6.01 Å². The first-order valence-electron chi connectivity index (χ1n) is 7.13. The summed E-state index contributed by atoms with van der Waals surface area (Å²) in [6.07, 6.45) is 2.10. The molecule has 0 aliphatic carbocycles. The zero-order chi connectivity index (χ0) is 14.9. The molecule has 22 heavy (non-hydrogen) atoms. The Hall–Kier alpha value is -2.46. The minimum absolute atomic E-state index is 0.522. The average molecular weight is 312 g/mol. The predicted octanol–water partition coefficient (Wildman–Crippen LogP) is 4.55. The fourth-order valence-electron chi connectivity index (χ4n) is 2.60. The molecule has 4 aromatic rings. The Labute approximate surface area is 132 Å². The summed E-state index contributed by atoms with van der Waals surface area (Å²) in [5, 5.41) is 5.12. The molecule has 2 aromatic carbocycles. The number of hydrogen-bond acceptors (Lipinski definition) is 3. The number of hydrogen-bond donors (Lipinski definition) is 1. The van der Waals surface area contributed by atoms with E-state index in [2.05, 4.69) is 45.3 Å². The molecule has 4 rings (SSSR count). The van der Waals surface area contributed by atoms with Crippen molar-refractivity contribution in [3.63, 3.8) is 0 Å². The topological polar surface area (TPSA) is 43.0 Å². The number of halogens is 1. The molecule has 0 aliphatic rings. The summed E-state index contributed by atoms with van der Waals surface area (Å²) >= 11 is 5.95. The Bertz CT molecular complexity index is 941. The first kappa shape index (κ1) is 13.2. The Balaban J connectivity index is 1.47. The standard InChI is InChI=1S/C17H14ClN3O/c18-13-5-6-16-14(11-13)20-17(22-16)19-8-10-21-9-7-12-3-1-2-4-15(12)21/h1-7,9,11H,8,10H2,(H,19,20). The van der Waals surface area contributed by atoms with E-state index in [1.807, 2.05) is 12.1 Å². The van der Waals surface area contributed by atoms with E-state index in [4.69, 9.17) is 16.0 Å². The van der Waals surface area contributed by atoms with Crippen LogP contribution in [0.5, 0.6) is 0 Å². The van der Waals surface area contributed by atoms with Crippen LogP contribution in [-0.4, -0.2) is 16.1 Å². The lowest BCUT2D eigenvalue weighted by atomic mass is 10.2. The highest BCUT2D eigenvalue weighted by Gasteiger charge is 2.06. The van der Waals surface area contributed by atoms with Crippen molar-refractivity contribution in [2.75, 3.05) is 11.9 Å². The van der Waals surface area contributed by atoms with E-state index in [1.165, 1.54) is 10.9 Å². The van der Waals surface area contributed by atoms with Gasteiger partial charge in [-0.15, -0.1) is 0 Å². The molecule has 1 N–H and O–H groups in total. The van der Waals surface area contributed by atoms with Crippen LogP contribution < -0.4 is 5.32 Å². The predicted molar refractivity (Wildman–Crippen MR) is 89.4 cm³/mol. The first-order valence-corrected chi connectivity index (χ1v) is 7.51. The molecule has 0 amide bonds. The molecule has 0 fully saturated rings. The molecule has 2 aromatic heterocycles. The number of rotatable bonds is 4. The molecule has 4 nitrogen and oxygen atoms in total. The Morgan fingerprint density at radius 3 is 3.00 bits per heavy atom. The number of nitrogens with zero attached hydrogens (tertiary/aromatic N) is 2. The number of nitrogens with one attached hydrogen (secondary N) is 1. The van der Waals surface area contributed by atoms with E-state index < -0.39 is 0 Å². The number of para-hydroxylation sites is 1. The zero-order valence-corrected chi connectivity index (χ0v) is 12.5. The van der Waals surface area contributed by atoms with Gasteiger partial charge in [0.1, 0.15) is 5.52 Å². The molecular weight excluding hydrogens is 298 g/mol. The highest BCUT2D eigenvalue weighted by molar-refractivity contribution is 6.31. The second kappa shape index (κ2) is 5.39. The average Bonchev–Trinajstić information content (AvgIpc) is 3.11. The fourth-order valence-corrected chi connectivity index (χ4v) is 2.76. The van der Waals surface area contributed by atoms with Crippen molar-refractivity contribution >= 4 is 39.6 Å². The normalized spacial score (nSPS) is 11.3. The van der Waals surface area contributed by atoms with Crippen LogP contribution in [0.25, 0.3) is 22.0 Å². The second-order valence-electron chi connectivity index (χ2n) is 5.13. The molecule has 0 unspecified atom stereocenters. The zero-order valence-electron chi connectivity index (χ0n) is 11.8. The molecule has 0 atom stereocenters. The highest BCUT2D eigenvalue weighted by Crippen LogP contribution is 2.22. The van der Waals surface area contributed by atoms with Crippen molar-refractivity contribution in [1.82, 2.24) is 9.55 Å². The lowest BCUT2D eigenvalue weighted by Gasteiger charge is -2.05. The fraction of sp³-hybridized carbons (Fsp3) is 0.118. The lowest BCUT2D eigenvalue weighted by Crippen LogP contribution is -2.09. The van der Waals surface area contributed by atoms with Crippen LogP contribution in [0, 0.1) is 0 Å². The summed E-state index contributed by atoms with van der Waals surface area (Å²) in [7, 11) is 0. The molecular formula is C17H14ClN3O. The van der Waals surface area contributed by atoms with Crippen LogP contribution in [0.2, 0.25) is 5.02 Å². The van der Waals surface area contributed by atoms with E-state index in [-0.39, 0.29) is 0 Å². The minimum Gasteiger partial charge on any atom is -0.424 e. The molecule has 0 saturated heterocycles. The first-order chi connectivity index (χ1) is 10.8. The van der Waals surface area contributed by atoms with Crippen LogP contribution >= 0.6 is 11.6 Å². The molecule has 110 valence electrons. The molecule has 0 spiro atoms. The van der Waals surface area contributed by atoms with Gasteiger partial charge in [-0.2, -0.15) is 4.98 Å². The van der Waals surface area contributed by atoms with E-state index in [1.54, 1.807) is 12.1 Å². The van der Waals surface area contributed by atoms with E-state index in [9.17, 15) is 0 Å². The van der Waals surface area contributed by atoms with Gasteiger partial charge in [-0.25, -0.2) is 0 Å². The maximum absolute atomic E-state index is 5.95. The molecule has 0 radical (unpaired) electrons. The van der Waals surface area contributed by atoms with Crippen LogP contribution in [0.1, 0.15) is 0 Å². The monoisotopic (exact) mass is 311 g/mol. The third-order valence-corrected chi connectivity index (χ3v) is 3.89. The number of aromatic nitrogens is 2. The summed E-state index contributed by atoms with van der Waals surface area (Å²) in [6.45, 7) is 1.58. The quantitative estimate of drug-likeness (QED) is 0.601. The number of anilines is 1. The molecule has 0 aliphatic heterocycles. The van der Waals surface area contributed by atoms with Crippen molar-refractivity contribution in [1.29, 1.82) is 0 Å². The van der Waals surface area contributed by atoms with Gasteiger partial charge in [-0.1, -0.05) is 29.8 Å². The Morgan fingerprint density at radius 1 is 1.14 bits per heavy atom. The van der Waals surface area contributed by atoms with Crippen molar-refractivity contribution in [3.05, 3.63) is 59.8 Å². The summed E-state index contributed by atoms with van der Waals surface area (Å²) < 4.78 is 7.85. The van der Waals surface area contributed by atoms with Crippen LogP contribution in [0.3, 0.4) is 0 Å². The van der Waals surface area contributed by atoms with Gasteiger partial charge >= 0.3 is 0 Å². The third kappa shape index (κ3) is 2.42. The van der Waals surface area contributed by atoms with Gasteiger partial charge < -0.3 is 14.3 Å². The molecule has 2 heterocycles. The van der Waals surface area contributed by atoms with Gasteiger partial charge in [-0.3, -0.25) is 0 Å². The molecule has 0 bridgehead atoms. The largest absolute Gasteiger partial charge is 0.424 e. The smallest absolute Gasteiger partial charge is 0.295 e. The summed E-state index contributed by atoms with van der Waals surface area (Å²) in [5.74, 6) is 0. The Kier molecular flexibility index (Phi) is 3.24. The molecule has 5 heteroatoms. The summed E-state index contributed by atoms with van der Waals surface area (Å²) in [5.41, 5.74) is 2.73. The van der Waals surface area contributed by atoms with Gasteiger partial charge in [-0.05, 0) is 35.7 Å². The van der Waals surface area contributed by atoms with Gasteiger partial charge in [0.15, 0.2) is 5.58 Å². The van der Waals surface area contributed by atoms with E-state index >= 15 is 0 Å². The van der Waals surface area contributed by atoms with Crippen LogP contribution in [0.15, 0.2) is 59.1 Å². The van der Waals surface area contributed by atoms with Crippen molar-refractivity contribution in [3.8, 4) is 0 Å². The molecule has 0 saturated carbocycles. The number of benzene rings is 2. The highest BCUT2D eigenvalue weighted by atomic mass is 35.5. The van der Waals surface area contributed by atoms with Crippen LogP contribution in [-0.2, 0) is 6.54 Å². The minimum atomic E-state index is 0.522. The lowest BCUT2D eigenvalue weighted by molar-refractivity contribution is 0.608. The van der Waals surface area contributed by atoms with Crippen molar-refractivity contribution in [2.45, 2.75) is 6.54 Å². The van der Waals surface area contributed by atoms with Crippen molar-refractivity contribution < 1.29 is 4.42 Å². The summed E-state index contributed by atoms with van der Waals surface area (Å²) in [6, 6.07) is 16.4. The van der Waals surface area contributed by atoms with E-state index in [0.717, 1.165) is 24.2 Å². The van der Waals surface area contributed by atoms with E-state index in [0.29, 0.717) is 11.0 Å². The Morgan fingerprint density at radius 2 is 2.05 bits per heavy atom. The number of fused-ring (bicyclic) bond motifs is 2. The van der Waals surface area contributed by atoms with Crippen molar-refractivity contribution in [2.24, 2.45) is 0 Å². The van der Waals surface area contributed by atoms with Gasteiger partial charge in [0, 0.05) is 29.8 Å². The number of oxazole rings is 1. The maximum Gasteiger partial charge on any atom is 0.295 e. The SMILES string of the molecule is Clc1ccc2oc(NCCn3ccc4ccccc43)nc2c1.